The van der Waals surface area contributed by atoms with E-state index < -0.39 is 0 Å². The number of thioether (sulfide) groups is 1. The van der Waals surface area contributed by atoms with Gasteiger partial charge in [-0.15, -0.1) is 0 Å². The molecule has 0 aromatic rings. The lowest BCUT2D eigenvalue weighted by atomic mass is 10.2. The number of morpholine rings is 1. The van der Waals surface area contributed by atoms with Gasteiger partial charge in [-0.1, -0.05) is 13.8 Å². The van der Waals surface area contributed by atoms with Crippen LogP contribution in [0.4, 0.5) is 0 Å². The monoisotopic (exact) mass is 274 g/mol. The number of hydrogen-bond donors (Lipinski definition) is 0. The number of hydrogen-bond acceptors (Lipinski definition) is 4. The fraction of sp³-hybridized carbons (Fsp3) is 1.00. The Morgan fingerprint density at radius 3 is 2.89 bits per heavy atom. The molecule has 4 heteroatoms. The van der Waals surface area contributed by atoms with Crippen molar-refractivity contribution in [3.8, 4) is 0 Å². The third-order valence-corrected chi connectivity index (χ3v) is 3.93. The van der Waals surface area contributed by atoms with Crippen molar-refractivity contribution in [1.82, 2.24) is 9.80 Å². The van der Waals surface area contributed by atoms with E-state index in [9.17, 15) is 0 Å². The lowest BCUT2D eigenvalue weighted by Crippen LogP contribution is -2.47. The fourth-order valence-corrected chi connectivity index (χ4v) is 2.99. The molecule has 0 N–H and O–H groups in total. The molecule has 1 fully saturated rings. The van der Waals surface area contributed by atoms with E-state index in [-0.39, 0.29) is 0 Å². The summed E-state index contributed by atoms with van der Waals surface area (Å²) in [7, 11) is 2.20. The first-order valence-electron chi connectivity index (χ1n) is 7.13. The first-order valence-corrected chi connectivity index (χ1v) is 8.52. The topological polar surface area (TPSA) is 15.7 Å². The van der Waals surface area contributed by atoms with Crippen molar-refractivity contribution in [2.24, 2.45) is 5.92 Å². The summed E-state index contributed by atoms with van der Waals surface area (Å²) in [5, 5.41) is 0. The molecule has 0 spiro atoms. The van der Waals surface area contributed by atoms with Crippen LogP contribution >= 0.6 is 11.8 Å². The van der Waals surface area contributed by atoms with E-state index in [0.29, 0.717) is 6.10 Å². The zero-order valence-corrected chi connectivity index (χ0v) is 13.3. The standard InChI is InChI=1S/C14H30N2OS/c1-13(2)10-15(3)11-14-12-16(7-8-17-14)6-5-9-18-4/h13-14H,5-12H2,1-4H3/t14-/m0/s1. The molecule has 0 unspecified atom stereocenters. The maximum atomic E-state index is 5.88. The van der Waals surface area contributed by atoms with E-state index in [4.69, 9.17) is 4.74 Å². The predicted octanol–water partition coefficient (Wildman–Crippen LogP) is 2.03. The van der Waals surface area contributed by atoms with Gasteiger partial charge in [-0.25, -0.2) is 0 Å². The smallest absolute Gasteiger partial charge is 0.0829 e. The van der Waals surface area contributed by atoms with Crippen LogP contribution in [0, 0.1) is 5.92 Å². The second-order valence-corrected chi connectivity index (χ2v) is 6.74. The molecule has 1 atom stereocenters. The molecular formula is C14H30N2OS. The number of rotatable bonds is 8. The Morgan fingerprint density at radius 2 is 2.22 bits per heavy atom. The average Bonchev–Trinajstić information content (AvgIpc) is 2.28. The van der Waals surface area contributed by atoms with Gasteiger partial charge in [0, 0.05) is 26.2 Å². The molecule has 0 radical (unpaired) electrons. The van der Waals surface area contributed by atoms with Gasteiger partial charge < -0.3 is 9.64 Å². The molecule has 0 aliphatic carbocycles. The van der Waals surface area contributed by atoms with E-state index in [0.717, 1.165) is 38.7 Å². The van der Waals surface area contributed by atoms with Crippen molar-refractivity contribution in [3.05, 3.63) is 0 Å². The Morgan fingerprint density at radius 1 is 1.44 bits per heavy atom. The summed E-state index contributed by atoms with van der Waals surface area (Å²) >= 11 is 1.94. The molecule has 1 rings (SSSR count). The lowest BCUT2D eigenvalue weighted by Gasteiger charge is -2.35. The van der Waals surface area contributed by atoms with Gasteiger partial charge in [0.25, 0.3) is 0 Å². The Bertz CT molecular complexity index is 214. The molecular weight excluding hydrogens is 244 g/mol. The normalized spacial score (nSPS) is 22.0. The quantitative estimate of drug-likeness (QED) is 0.629. The van der Waals surface area contributed by atoms with E-state index in [1.807, 2.05) is 11.8 Å². The third kappa shape index (κ3) is 6.98. The number of likely N-dealkylation sites (N-methyl/N-ethyl adjacent to an activating group) is 1. The Balaban J connectivity index is 2.21. The molecule has 1 saturated heterocycles. The Labute approximate surface area is 117 Å². The molecule has 1 aliphatic rings. The predicted molar refractivity (Wildman–Crippen MR) is 81.5 cm³/mol. The highest BCUT2D eigenvalue weighted by molar-refractivity contribution is 7.98. The summed E-state index contributed by atoms with van der Waals surface area (Å²) < 4.78 is 5.88. The van der Waals surface area contributed by atoms with E-state index >= 15 is 0 Å². The molecule has 0 bridgehead atoms. The van der Waals surface area contributed by atoms with Crippen LogP contribution in [0.3, 0.4) is 0 Å². The molecule has 1 heterocycles. The SMILES string of the molecule is CSCCCN1CCO[C@@H](CN(C)CC(C)C)C1. The van der Waals surface area contributed by atoms with Crippen molar-refractivity contribution in [2.45, 2.75) is 26.4 Å². The van der Waals surface area contributed by atoms with Crippen LogP contribution in [0.5, 0.6) is 0 Å². The van der Waals surface area contributed by atoms with Crippen LogP contribution in [0.15, 0.2) is 0 Å². The van der Waals surface area contributed by atoms with E-state index in [1.165, 1.54) is 18.7 Å². The van der Waals surface area contributed by atoms with Crippen LogP contribution < -0.4 is 0 Å². The molecule has 3 nitrogen and oxygen atoms in total. The van der Waals surface area contributed by atoms with Crippen LogP contribution in [0.1, 0.15) is 20.3 Å². The molecule has 1 aliphatic heterocycles. The highest BCUT2D eigenvalue weighted by Gasteiger charge is 2.21. The van der Waals surface area contributed by atoms with E-state index in [1.54, 1.807) is 0 Å². The maximum absolute atomic E-state index is 5.88. The van der Waals surface area contributed by atoms with Gasteiger partial charge in [0.2, 0.25) is 0 Å². The van der Waals surface area contributed by atoms with Gasteiger partial charge >= 0.3 is 0 Å². The summed E-state index contributed by atoms with van der Waals surface area (Å²) in [5.41, 5.74) is 0. The first kappa shape index (κ1) is 16.3. The average molecular weight is 274 g/mol. The highest BCUT2D eigenvalue weighted by Crippen LogP contribution is 2.09. The lowest BCUT2D eigenvalue weighted by molar-refractivity contribution is -0.0411. The van der Waals surface area contributed by atoms with Crippen molar-refractivity contribution < 1.29 is 4.74 Å². The van der Waals surface area contributed by atoms with Crippen LogP contribution in [0.2, 0.25) is 0 Å². The van der Waals surface area contributed by atoms with Crippen LogP contribution in [0.25, 0.3) is 0 Å². The zero-order chi connectivity index (χ0) is 13.4. The summed E-state index contributed by atoms with van der Waals surface area (Å²) in [6.07, 6.45) is 3.88. The Hall–Kier alpha value is 0.230. The molecule has 18 heavy (non-hydrogen) atoms. The summed E-state index contributed by atoms with van der Waals surface area (Å²) in [6.45, 7) is 11.1. The van der Waals surface area contributed by atoms with Gasteiger partial charge in [0.15, 0.2) is 0 Å². The van der Waals surface area contributed by atoms with Crippen molar-refractivity contribution in [3.63, 3.8) is 0 Å². The van der Waals surface area contributed by atoms with Gasteiger partial charge in [-0.3, -0.25) is 4.90 Å². The first-order chi connectivity index (χ1) is 8.61. The maximum Gasteiger partial charge on any atom is 0.0829 e. The van der Waals surface area contributed by atoms with Gasteiger partial charge in [0.05, 0.1) is 12.7 Å². The number of nitrogens with zero attached hydrogens (tertiary/aromatic N) is 2. The minimum Gasteiger partial charge on any atom is -0.374 e. The Kier molecular flexibility index (Phi) is 8.31. The molecule has 0 aromatic carbocycles. The molecule has 0 saturated carbocycles. The second kappa shape index (κ2) is 9.18. The van der Waals surface area contributed by atoms with Gasteiger partial charge in [0.1, 0.15) is 0 Å². The van der Waals surface area contributed by atoms with E-state index in [2.05, 4.69) is 37.0 Å². The molecule has 0 aromatic heterocycles. The van der Waals surface area contributed by atoms with Crippen LogP contribution in [-0.4, -0.2) is 74.3 Å². The molecule has 108 valence electrons. The van der Waals surface area contributed by atoms with Crippen LogP contribution in [-0.2, 0) is 4.74 Å². The fourth-order valence-electron chi connectivity index (χ4n) is 2.57. The van der Waals surface area contributed by atoms with Crippen molar-refractivity contribution in [1.29, 1.82) is 0 Å². The summed E-state index contributed by atoms with van der Waals surface area (Å²) in [4.78, 5) is 4.97. The summed E-state index contributed by atoms with van der Waals surface area (Å²) in [6, 6.07) is 0. The summed E-state index contributed by atoms with van der Waals surface area (Å²) in [5.74, 6) is 2.01. The number of ether oxygens (including phenoxy) is 1. The second-order valence-electron chi connectivity index (χ2n) is 5.75. The molecule has 0 amide bonds. The minimum atomic E-state index is 0.400. The third-order valence-electron chi connectivity index (χ3n) is 3.24. The highest BCUT2D eigenvalue weighted by atomic mass is 32.2. The largest absolute Gasteiger partial charge is 0.374 e. The minimum absolute atomic E-state index is 0.400. The zero-order valence-electron chi connectivity index (χ0n) is 12.5. The van der Waals surface area contributed by atoms with Crippen molar-refractivity contribution in [2.75, 3.05) is 58.4 Å². The van der Waals surface area contributed by atoms with Gasteiger partial charge in [-0.2, -0.15) is 11.8 Å². The van der Waals surface area contributed by atoms with Gasteiger partial charge in [-0.05, 0) is 37.9 Å². The van der Waals surface area contributed by atoms with Crippen molar-refractivity contribution >= 4 is 11.8 Å².